The number of allylic oxidation sites excluding steroid dienone is 4. The molecule has 0 amide bonds. The number of rotatable bonds is 1. The summed E-state index contributed by atoms with van der Waals surface area (Å²) >= 11 is 0. The summed E-state index contributed by atoms with van der Waals surface area (Å²) in [4.78, 5) is 12.1. The maximum atomic E-state index is 12.1. The maximum absolute atomic E-state index is 12.1. The van der Waals surface area contributed by atoms with E-state index in [-0.39, 0.29) is 5.92 Å². The number of carbonyl (C=O) groups is 1. The second-order valence-electron chi connectivity index (χ2n) is 5.37. The zero-order valence-electron chi connectivity index (χ0n) is 11.0. The van der Waals surface area contributed by atoms with E-state index < -0.39 is 0 Å². The standard InChI is InChI=1S/C15H24O/c1-11(2)14-9-8-12(3)6-5-7-13(4)10-15(14)16/h6,10-11,14H,5,7-9H2,1-4H3/t14-/m0/s1. The second kappa shape index (κ2) is 6.03. The van der Waals surface area contributed by atoms with Crippen molar-refractivity contribution in [2.75, 3.05) is 0 Å². The van der Waals surface area contributed by atoms with E-state index in [1.165, 1.54) is 11.1 Å². The van der Waals surface area contributed by atoms with Gasteiger partial charge in [0.1, 0.15) is 0 Å². The van der Waals surface area contributed by atoms with E-state index in [1.54, 1.807) is 0 Å². The minimum Gasteiger partial charge on any atom is -0.295 e. The first-order chi connectivity index (χ1) is 7.50. The van der Waals surface area contributed by atoms with E-state index in [4.69, 9.17) is 0 Å². The summed E-state index contributed by atoms with van der Waals surface area (Å²) in [5.41, 5.74) is 2.66. The molecule has 0 radical (unpaired) electrons. The van der Waals surface area contributed by atoms with Crippen LogP contribution in [0.3, 0.4) is 0 Å². The van der Waals surface area contributed by atoms with Gasteiger partial charge in [-0.3, -0.25) is 4.79 Å². The van der Waals surface area contributed by atoms with Crippen molar-refractivity contribution in [2.24, 2.45) is 11.8 Å². The Kier molecular flexibility index (Phi) is 4.98. The first-order valence-corrected chi connectivity index (χ1v) is 6.37. The van der Waals surface area contributed by atoms with Gasteiger partial charge < -0.3 is 0 Å². The molecule has 1 nitrogen and oxygen atoms in total. The monoisotopic (exact) mass is 220 g/mol. The Morgan fingerprint density at radius 1 is 1.19 bits per heavy atom. The third-order valence-electron chi connectivity index (χ3n) is 3.44. The predicted octanol–water partition coefficient (Wildman–Crippen LogP) is 4.29. The van der Waals surface area contributed by atoms with Crippen LogP contribution < -0.4 is 0 Å². The van der Waals surface area contributed by atoms with Crippen LogP contribution in [0, 0.1) is 11.8 Å². The fourth-order valence-corrected chi connectivity index (χ4v) is 2.26. The van der Waals surface area contributed by atoms with Crippen LogP contribution in [0.5, 0.6) is 0 Å². The molecule has 1 heteroatoms. The smallest absolute Gasteiger partial charge is 0.158 e. The highest BCUT2D eigenvalue weighted by atomic mass is 16.1. The summed E-state index contributed by atoms with van der Waals surface area (Å²) < 4.78 is 0. The lowest BCUT2D eigenvalue weighted by atomic mass is 9.84. The summed E-state index contributed by atoms with van der Waals surface area (Å²) in [5, 5.41) is 0. The third-order valence-corrected chi connectivity index (χ3v) is 3.44. The van der Waals surface area contributed by atoms with E-state index in [0.29, 0.717) is 11.7 Å². The number of hydrogen-bond acceptors (Lipinski definition) is 1. The molecule has 90 valence electrons. The fourth-order valence-electron chi connectivity index (χ4n) is 2.26. The molecule has 0 fully saturated rings. The van der Waals surface area contributed by atoms with Gasteiger partial charge in [-0.1, -0.05) is 31.1 Å². The molecule has 0 aromatic heterocycles. The number of carbonyl (C=O) groups excluding carboxylic acids is 1. The van der Waals surface area contributed by atoms with Crippen molar-refractivity contribution < 1.29 is 4.79 Å². The molecule has 1 atom stereocenters. The summed E-state index contributed by atoms with van der Waals surface area (Å²) in [6.07, 6.45) is 8.37. The molecule has 1 aliphatic rings. The molecule has 0 aliphatic heterocycles. The number of hydrogen-bond donors (Lipinski definition) is 0. The second-order valence-corrected chi connectivity index (χ2v) is 5.37. The average molecular weight is 220 g/mol. The first kappa shape index (κ1) is 13.2. The van der Waals surface area contributed by atoms with Gasteiger partial charge in [0, 0.05) is 5.92 Å². The average Bonchev–Trinajstić information content (AvgIpc) is 2.16. The Balaban J connectivity index is 2.85. The van der Waals surface area contributed by atoms with Crippen LogP contribution in [-0.2, 0) is 4.79 Å². The maximum Gasteiger partial charge on any atom is 0.158 e. The van der Waals surface area contributed by atoms with Crippen LogP contribution in [0.15, 0.2) is 23.3 Å². The largest absolute Gasteiger partial charge is 0.295 e. The van der Waals surface area contributed by atoms with Gasteiger partial charge >= 0.3 is 0 Å². The van der Waals surface area contributed by atoms with E-state index in [1.807, 2.05) is 6.08 Å². The van der Waals surface area contributed by atoms with Crippen molar-refractivity contribution in [1.82, 2.24) is 0 Å². The lowest BCUT2D eigenvalue weighted by Crippen LogP contribution is -2.19. The Hall–Kier alpha value is -0.850. The fraction of sp³-hybridized carbons (Fsp3) is 0.667. The van der Waals surface area contributed by atoms with Gasteiger partial charge in [-0.25, -0.2) is 0 Å². The molecule has 0 unspecified atom stereocenters. The van der Waals surface area contributed by atoms with Gasteiger partial charge in [-0.15, -0.1) is 0 Å². The molecular formula is C15H24O. The van der Waals surface area contributed by atoms with Crippen LogP contribution in [0.25, 0.3) is 0 Å². The molecule has 0 spiro atoms. The minimum absolute atomic E-state index is 0.205. The molecule has 0 saturated carbocycles. The lowest BCUT2D eigenvalue weighted by molar-refractivity contribution is -0.119. The van der Waals surface area contributed by atoms with Gasteiger partial charge in [-0.05, 0) is 51.5 Å². The van der Waals surface area contributed by atoms with Crippen molar-refractivity contribution >= 4 is 5.78 Å². The highest BCUT2D eigenvalue weighted by Gasteiger charge is 2.20. The zero-order chi connectivity index (χ0) is 12.1. The molecule has 0 saturated heterocycles. The van der Waals surface area contributed by atoms with E-state index in [0.717, 1.165) is 25.7 Å². The molecule has 0 N–H and O–H groups in total. The van der Waals surface area contributed by atoms with Gasteiger partial charge in [0.2, 0.25) is 0 Å². The van der Waals surface area contributed by atoms with Crippen molar-refractivity contribution in [2.45, 2.75) is 53.4 Å². The Bertz CT molecular complexity index is 307. The van der Waals surface area contributed by atoms with Crippen LogP contribution in [0.1, 0.15) is 53.4 Å². The molecule has 1 aliphatic carbocycles. The molecule has 0 aromatic carbocycles. The third kappa shape index (κ3) is 3.96. The minimum atomic E-state index is 0.205. The molecule has 16 heavy (non-hydrogen) atoms. The van der Waals surface area contributed by atoms with E-state index in [9.17, 15) is 4.79 Å². The summed E-state index contributed by atoms with van der Waals surface area (Å²) in [5.74, 6) is 0.988. The molecule has 0 bridgehead atoms. The predicted molar refractivity (Wildman–Crippen MR) is 69.3 cm³/mol. The Morgan fingerprint density at radius 3 is 2.50 bits per heavy atom. The summed E-state index contributed by atoms with van der Waals surface area (Å²) in [6.45, 7) is 8.55. The topological polar surface area (TPSA) is 17.1 Å². The summed E-state index contributed by atoms with van der Waals surface area (Å²) in [6, 6.07) is 0. The van der Waals surface area contributed by atoms with Crippen molar-refractivity contribution in [3.8, 4) is 0 Å². The van der Waals surface area contributed by atoms with Crippen molar-refractivity contribution in [1.29, 1.82) is 0 Å². The van der Waals surface area contributed by atoms with Crippen molar-refractivity contribution in [3.05, 3.63) is 23.3 Å². The SMILES string of the molecule is CC1=CC(=O)[C@H](C(C)C)CCC(C)=CCC1. The van der Waals surface area contributed by atoms with Crippen molar-refractivity contribution in [3.63, 3.8) is 0 Å². The Morgan fingerprint density at radius 2 is 1.88 bits per heavy atom. The van der Waals surface area contributed by atoms with E-state index in [2.05, 4.69) is 33.8 Å². The van der Waals surface area contributed by atoms with Gasteiger partial charge in [0.05, 0.1) is 0 Å². The Labute approximate surface area is 99.6 Å². The van der Waals surface area contributed by atoms with Gasteiger partial charge in [0.15, 0.2) is 5.78 Å². The van der Waals surface area contributed by atoms with Crippen LogP contribution in [-0.4, -0.2) is 5.78 Å². The highest BCUT2D eigenvalue weighted by Crippen LogP contribution is 2.24. The van der Waals surface area contributed by atoms with Gasteiger partial charge in [0.25, 0.3) is 0 Å². The molecular weight excluding hydrogens is 196 g/mol. The zero-order valence-corrected chi connectivity index (χ0v) is 11.0. The summed E-state index contributed by atoms with van der Waals surface area (Å²) in [7, 11) is 0. The normalized spacial score (nSPS) is 24.1. The van der Waals surface area contributed by atoms with Crippen LogP contribution >= 0.6 is 0 Å². The molecule has 0 aromatic rings. The number of ketones is 1. The van der Waals surface area contributed by atoms with Crippen LogP contribution in [0.2, 0.25) is 0 Å². The highest BCUT2D eigenvalue weighted by molar-refractivity contribution is 5.92. The lowest BCUT2D eigenvalue weighted by Gasteiger charge is -2.19. The van der Waals surface area contributed by atoms with Gasteiger partial charge in [-0.2, -0.15) is 0 Å². The van der Waals surface area contributed by atoms with E-state index >= 15 is 0 Å². The quantitative estimate of drug-likeness (QED) is 0.602. The molecule has 1 rings (SSSR count). The first-order valence-electron chi connectivity index (χ1n) is 6.37. The molecule has 0 heterocycles. The van der Waals surface area contributed by atoms with Crippen LogP contribution in [0.4, 0.5) is 0 Å².